The molecule has 2 fully saturated rings. The fraction of sp³-hybridized carbons (Fsp3) is 0.565. The molecule has 1 amide bonds. The lowest BCUT2D eigenvalue weighted by Crippen LogP contribution is -2.40. The summed E-state index contributed by atoms with van der Waals surface area (Å²) in [6.45, 7) is 10.8. The van der Waals surface area contributed by atoms with Gasteiger partial charge in [0.25, 0.3) is 11.5 Å². The standard InChI is InChI=1S/C23H30N4O2S2/c1-5-7-11-27-20(25-10-8-9-15(3)14-25)17(16(4)18(13-24)21(27)28)12-19-22(29)26(6-2)23(30)31-19/h12,15H,5-11,14H2,1-4H3. The van der Waals surface area contributed by atoms with Crippen molar-refractivity contribution in [2.75, 3.05) is 24.5 Å². The van der Waals surface area contributed by atoms with Crippen molar-refractivity contribution in [1.82, 2.24) is 9.47 Å². The maximum Gasteiger partial charge on any atom is 0.270 e. The van der Waals surface area contributed by atoms with Gasteiger partial charge in [-0.2, -0.15) is 5.26 Å². The van der Waals surface area contributed by atoms with Crippen LogP contribution < -0.4 is 10.5 Å². The minimum absolute atomic E-state index is 0.111. The van der Waals surface area contributed by atoms with Crippen LogP contribution in [0.25, 0.3) is 6.08 Å². The Morgan fingerprint density at radius 1 is 1.32 bits per heavy atom. The van der Waals surface area contributed by atoms with Gasteiger partial charge in [0.1, 0.15) is 21.8 Å². The van der Waals surface area contributed by atoms with Crippen molar-refractivity contribution in [2.45, 2.75) is 59.9 Å². The quantitative estimate of drug-likeness (QED) is 0.468. The molecule has 1 aromatic rings. The second-order valence-corrected chi connectivity index (χ2v) is 9.95. The second-order valence-electron chi connectivity index (χ2n) is 8.28. The van der Waals surface area contributed by atoms with Crippen molar-refractivity contribution in [3.05, 3.63) is 31.9 Å². The third-order valence-corrected chi connectivity index (χ3v) is 7.38. The third kappa shape index (κ3) is 4.58. The first-order chi connectivity index (χ1) is 14.8. The van der Waals surface area contributed by atoms with Gasteiger partial charge in [-0.3, -0.25) is 19.1 Å². The zero-order chi connectivity index (χ0) is 22.7. The summed E-state index contributed by atoms with van der Waals surface area (Å²) in [7, 11) is 0. The van der Waals surface area contributed by atoms with Gasteiger partial charge in [-0.1, -0.05) is 44.2 Å². The number of unbranched alkanes of at least 4 members (excludes halogenated alkanes) is 1. The Kier molecular flexibility index (Phi) is 7.60. The summed E-state index contributed by atoms with van der Waals surface area (Å²) in [5, 5.41) is 9.75. The molecule has 0 aromatic carbocycles. The van der Waals surface area contributed by atoms with Crippen LogP contribution in [0.2, 0.25) is 0 Å². The van der Waals surface area contributed by atoms with Gasteiger partial charge in [-0.25, -0.2) is 0 Å². The average Bonchev–Trinajstić information content (AvgIpc) is 3.01. The number of rotatable bonds is 6. The largest absolute Gasteiger partial charge is 0.357 e. The second kappa shape index (κ2) is 10.0. The minimum Gasteiger partial charge on any atom is -0.357 e. The van der Waals surface area contributed by atoms with E-state index < -0.39 is 0 Å². The molecular weight excluding hydrogens is 428 g/mol. The van der Waals surface area contributed by atoms with Crippen molar-refractivity contribution < 1.29 is 4.79 Å². The van der Waals surface area contributed by atoms with E-state index in [1.54, 1.807) is 9.47 Å². The predicted octanol–water partition coefficient (Wildman–Crippen LogP) is 4.29. The SMILES string of the molecule is CCCCn1c(N2CCCC(C)C2)c(C=C2SC(=S)N(CC)C2=O)c(C)c(C#N)c1=O. The maximum atomic E-state index is 13.3. The molecule has 1 aromatic heterocycles. The molecule has 31 heavy (non-hydrogen) atoms. The van der Waals surface area contributed by atoms with Crippen molar-refractivity contribution in [2.24, 2.45) is 5.92 Å². The van der Waals surface area contributed by atoms with Crippen molar-refractivity contribution in [3.63, 3.8) is 0 Å². The molecule has 0 bridgehead atoms. The Balaban J connectivity index is 2.26. The molecule has 2 aliphatic rings. The molecule has 0 N–H and O–H groups in total. The highest BCUT2D eigenvalue weighted by atomic mass is 32.2. The Bertz CT molecular complexity index is 1020. The molecule has 1 atom stereocenters. The van der Waals surface area contributed by atoms with E-state index in [0.717, 1.165) is 50.2 Å². The first-order valence-electron chi connectivity index (χ1n) is 11.0. The number of aromatic nitrogens is 1. The third-order valence-electron chi connectivity index (χ3n) is 6.00. The van der Waals surface area contributed by atoms with E-state index in [1.807, 2.05) is 19.9 Å². The Morgan fingerprint density at radius 2 is 2.06 bits per heavy atom. The van der Waals surface area contributed by atoms with E-state index >= 15 is 0 Å². The number of likely N-dealkylation sites (N-methyl/N-ethyl adjacent to an activating group) is 1. The number of anilines is 1. The molecule has 2 saturated heterocycles. The van der Waals surface area contributed by atoms with Crippen LogP contribution in [0.15, 0.2) is 9.70 Å². The summed E-state index contributed by atoms with van der Waals surface area (Å²) in [5.74, 6) is 1.24. The molecule has 0 radical (unpaired) electrons. The predicted molar refractivity (Wildman–Crippen MR) is 131 cm³/mol. The number of hydrogen-bond donors (Lipinski definition) is 0. The highest BCUT2D eigenvalue weighted by Crippen LogP contribution is 2.36. The summed E-state index contributed by atoms with van der Waals surface area (Å²) in [5.41, 5.74) is 1.34. The fourth-order valence-electron chi connectivity index (χ4n) is 4.29. The molecule has 8 heteroatoms. The van der Waals surface area contributed by atoms with Gasteiger partial charge < -0.3 is 4.90 Å². The van der Waals surface area contributed by atoms with Gasteiger partial charge in [-0.15, -0.1) is 0 Å². The number of pyridine rings is 1. The average molecular weight is 459 g/mol. The van der Waals surface area contributed by atoms with Gasteiger partial charge in [-0.05, 0) is 50.7 Å². The smallest absolute Gasteiger partial charge is 0.270 e. The highest BCUT2D eigenvalue weighted by molar-refractivity contribution is 8.26. The number of nitrogens with zero attached hydrogens (tertiary/aromatic N) is 4. The molecular formula is C23H30N4O2S2. The normalized spacial score (nSPS) is 20.6. The lowest BCUT2D eigenvalue weighted by atomic mass is 9.98. The van der Waals surface area contributed by atoms with Crippen LogP contribution >= 0.6 is 24.0 Å². The van der Waals surface area contributed by atoms with Gasteiger partial charge in [0.15, 0.2) is 0 Å². The first-order valence-corrected chi connectivity index (χ1v) is 12.2. The summed E-state index contributed by atoms with van der Waals surface area (Å²) in [4.78, 5) is 30.6. The number of thioether (sulfide) groups is 1. The van der Waals surface area contributed by atoms with E-state index in [4.69, 9.17) is 12.2 Å². The van der Waals surface area contributed by atoms with E-state index in [0.29, 0.717) is 33.8 Å². The summed E-state index contributed by atoms with van der Waals surface area (Å²) in [6.07, 6.45) is 5.86. The van der Waals surface area contributed by atoms with Crippen LogP contribution in [0.1, 0.15) is 63.1 Å². The highest BCUT2D eigenvalue weighted by Gasteiger charge is 2.32. The van der Waals surface area contributed by atoms with Crippen LogP contribution in [0, 0.1) is 24.2 Å². The zero-order valence-corrected chi connectivity index (χ0v) is 20.4. The molecule has 6 nitrogen and oxygen atoms in total. The van der Waals surface area contributed by atoms with Crippen molar-refractivity contribution >= 4 is 46.1 Å². The molecule has 0 spiro atoms. The Morgan fingerprint density at radius 3 is 2.65 bits per heavy atom. The van der Waals surface area contributed by atoms with Gasteiger partial charge in [0.2, 0.25) is 0 Å². The first kappa shape index (κ1) is 23.6. The molecule has 166 valence electrons. The zero-order valence-electron chi connectivity index (χ0n) is 18.7. The van der Waals surface area contributed by atoms with E-state index in [2.05, 4.69) is 24.8 Å². The van der Waals surface area contributed by atoms with Gasteiger partial charge in [0, 0.05) is 31.7 Å². The topological polar surface area (TPSA) is 69.3 Å². The fourth-order valence-corrected chi connectivity index (χ4v) is 5.66. The number of hydrogen-bond acceptors (Lipinski definition) is 6. The summed E-state index contributed by atoms with van der Waals surface area (Å²) < 4.78 is 2.31. The van der Waals surface area contributed by atoms with Crippen molar-refractivity contribution in [1.29, 1.82) is 5.26 Å². The number of amides is 1. The maximum absolute atomic E-state index is 13.3. The molecule has 1 unspecified atom stereocenters. The summed E-state index contributed by atoms with van der Waals surface area (Å²) >= 11 is 6.67. The van der Waals surface area contributed by atoms with Gasteiger partial charge in [0.05, 0.1) is 4.91 Å². The van der Waals surface area contributed by atoms with E-state index in [-0.39, 0.29) is 17.0 Å². The molecule has 2 aliphatic heterocycles. The Hall–Kier alpha value is -2.11. The number of thiocarbonyl (C=S) groups is 1. The number of carbonyl (C=O) groups is 1. The van der Waals surface area contributed by atoms with E-state index in [9.17, 15) is 14.9 Å². The molecule has 0 saturated carbocycles. The summed E-state index contributed by atoms with van der Waals surface area (Å²) in [6, 6.07) is 2.12. The van der Waals surface area contributed by atoms with Crippen LogP contribution in [0.4, 0.5) is 5.82 Å². The van der Waals surface area contributed by atoms with Gasteiger partial charge >= 0.3 is 0 Å². The van der Waals surface area contributed by atoms with Crippen molar-refractivity contribution in [3.8, 4) is 6.07 Å². The van der Waals surface area contributed by atoms with Crippen LogP contribution in [-0.2, 0) is 11.3 Å². The minimum atomic E-state index is -0.236. The lowest BCUT2D eigenvalue weighted by molar-refractivity contribution is -0.121. The monoisotopic (exact) mass is 458 g/mol. The van der Waals surface area contributed by atoms with Crippen LogP contribution in [0.3, 0.4) is 0 Å². The molecule has 0 aliphatic carbocycles. The molecule has 3 heterocycles. The van der Waals surface area contributed by atoms with Crippen LogP contribution in [-0.4, -0.2) is 39.3 Å². The molecule has 3 rings (SSSR count). The van der Waals surface area contributed by atoms with E-state index in [1.165, 1.54) is 11.8 Å². The number of piperidine rings is 1. The number of nitriles is 1. The van der Waals surface area contributed by atoms with Crippen LogP contribution in [0.5, 0.6) is 0 Å². The number of carbonyl (C=O) groups excluding carboxylic acids is 1. The Labute approximate surface area is 193 Å². The lowest BCUT2D eigenvalue weighted by Gasteiger charge is -2.36.